The van der Waals surface area contributed by atoms with Crippen LogP contribution in [-0.4, -0.2) is 47.1 Å². The van der Waals surface area contributed by atoms with Gasteiger partial charge in [0.05, 0.1) is 10.8 Å². The van der Waals surface area contributed by atoms with E-state index in [1.165, 1.54) is 12.1 Å². The molecule has 0 radical (unpaired) electrons. The number of nitro benzene ring substituents is 1. The quantitative estimate of drug-likeness (QED) is 0.635. The molecule has 1 aliphatic heterocycles. The second-order valence-electron chi connectivity index (χ2n) is 4.72. The smallest absolute Gasteiger partial charge is 0.307 e. The molecule has 8 heteroatoms. The maximum Gasteiger partial charge on any atom is 0.307 e. The Bertz CT molecular complexity index is 494. The molecule has 1 fully saturated rings. The lowest BCUT2D eigenvalue weighted by Gasteiger charge is -2.15. The van der Waals surface area contributed by atoms with Crippen LogP contribution in [0.2, 0.25) is 0 Å². The Kier molecular flexibility index (Phi) is 6.39. The van der Waals surface area contributed by atoms with Crippen molar-refractivity contribution in [3.05, 3.63) is 34.4 Å². The van der Waals surface area contributed by atoms with Gasteiger partial charge in [0.25, 0.3) is 5.69 Å². The van der Waals surface area contributed by atoms with Crippen LogP contribution in [0.4, 0.5) is 5.69 Å². The van der Waals surface area contributed by atoms with Crippen molar-refractivity contribution in [3.8, 4) is 5.75 Å². The number of carboxylic acid groups (broad SMARTS) is 1. The summed E-state index contributed by atoms with van der Waals surface area (Å²) in [5.74, 6) is -0.456. The molecule has 0 spiro atoms. The van der Waals surface area contributed by atoms with E-state index in [1.54, 1.807) is 12.1 Å². The summed E-state index contributed by atoms with van der Waals surface area (Å²) >= 11 is 0. The third kappa shape index (κ3) is 4.87. The van der Waals surface area contributed by atoms with Gasteiger partial charge in [0.2, 0.25) is 0 Å². The van der Waals surface area contributed by atoms with Crippen LogP contribution in [0.5, 0.6) is 5.75 Å². The molecule has 1 atom stereocenters. The minimum atomic E-state index is -0.746. The maximum absolute atomic E-state index is 10.8. The Balaban J connectivity index is 0.00000220. The first-order chi connectivity index (χ1) is 9.56. The highest BCUT2D eigenvalue weighted by molar-refractivity contribution is 5.85. The average Bonchev–Trinajstić information content (AvgIpc) is 2.88. The van der Waals surface area contributed by atoms with Crippen molar-refractivity contribution in [3.63, 3.8) is 0 Å². The molecule has 0 amide bonds. The molecule has 0 bridgehead atoms. The summed E-state index contributed by atoms with van der Waals surface area (Å²) in [6, 6.07) is 5.90. The van der Waals surface area contributed by atoms with Gasteiger partial charge in [-0.2, -0.15) is 0 Å². The van der Waals surface area contributed by atoms with E-state index in [0.29, 0.717) is 31.9 Å². The minimum absolute atomic E-state index is 0. The molecule has 0 saturated carbocycles. The summed E-state index contributed by atoms with van der Waals surface area (Å²) in [4.78, 5) is 22.9. The minimum Gasteiger partial charge on any atom is -0.492 e. The molecule has 0 aliphatic carbocycles. The second-order valence-corrected chi connectivity index (χ2v) is 4.72. The van der Waals surface area contributed by atoms with E-state index in [2.05, 4.69) is 0 Å². The molecule has 1 N–H and O–H groups in total. The molecule has 2 rings (SSSR count). The van der Waals surface area contributed by atoms with Crippen molar-refractivity contribution in [1.82, 2.24) is 4.90 Å². The molecule has 1 aromatic rings. The molecule has 0 aromatic heterocycles. The molecule has 1 aromatic carbocycles. The molecule has 1 unspecified atom stereocenters. The van der Waals surface area contributed by atoms with Gasteiger partial charge < -0.3 is 9.84 Å². The van der Waals surface area contributed by atoms with Crippen LogP contribution in [0.1, 0.15) is 6.42 Å². The molecular formula is C13H17ClN2O5. The van der Waals surface area contributed by atoms with Crippen molar-refractivity contribution < 1.29 is 19.6 Å². The number of benzene rings is 1. The Morgan fingerprint density at radius 2 is 2.10 bits per heavy atom. The fourth-order valence-corrected chi connectivity index (χ4v) is 2.19. The fourth-order valence-electron chi connectivity index (χ4n) is 2.19. The Morgan fingerprint density at radius 1 is 1.43 bits per heavy atom. The largest absolute Gasteiger partial charge is 0.492 e. The normalized spacial score (nSPS) is 18.0. The van der Waals surface area contributed by atoms with Gasteiger partial charge in [-0.05, 0) is 25.1 Å². The number of nitro groups is 1. The number of non-ortho nitro benzene ring substituents is 1. The molecule has 1 heterocycles. The van der Waals surface area contributed by atoms with Crippen LogP contribution >= 0.6 is 12.4 Å². The summed E-state index contributed by atoms with van der Waals surface area (Å²) in [7, 11) is 0. The first-order valence-corrected chi connectivity index (χ1v) is 6.38. The fraction of sp³-hybridized carbons (Fsp3) is 0.462. The predicted molar refractivity (Wildman–Crippen MR) is 78.0 cm³/mol. The number of nitrogens with zero attached hydrogens (tertiary/aromatic N) is 2. The zero-order valence-electron chi connectivity index (χ0n) is 11.3. The van der Waals surface area contributed by atoms with Gasteiger partial charge in [-0.1, -0.05) is 0 Å². The van der Waals surface area contributed by atoms with Gasteiger partial charge >= 0.3 is 5.97 Å². The maximum atomic E-state index is 10.8. The van der Waals surface area contributed by atoms with Gasteiger partial charge in [-0.3, -0.25) is 19.8 Å². The monoisotopic (exact) mass is 316 g/mol. The van der Waals surface area contributed by atoms with Crippen molar-refractivity contribution in [2.45, 2.75) is 6.42 Å². The summed E-state index contributed by atoms with van der Waals surface area (Å²) in [5, 5.41) is 19.4. The number of hydrogen-bond acceptors (Lipinski definition) is 5. The second kappa shape index (κ2) is 7.80. The third-order valence-corrected chi connectivity index (χ3v) is 3.35. The zero-order chi connectivity index (χ0) is 14.5. The molecule has 21 heavy (non-hydrogen) atoms. The van der Waals surface area contributed by atoms with E-state index in [1.807, 2.05) is 4.90 Å². The number of ether oxygens (including phenoxy) is 1. The highest BCUT2D eigenvalue weighted by atomic mass is 35.5. The molecule has 1 aliphatic rings. The standard InChI is InChI=1S/C13H16N2O5.ClH/c16-13(17)10-5-6-14(9-10)7-8-20-12-3-1-11(2-4-12)15(18)19;/h1-4,10H,5-9H2,(H,16,17);1H. The lowest BCUT2D eigenvalue weighted by molar-refractivity contribution is -0.384. The molecule has 116 valence electrons. The van der Waals surface area contributed by atoms with Crippen molar-refractivity contribution >= 4 is 24.1 Å². The van der Waals surface area contributed by atoms with Crippen molar-refractivity contribution in [2.24, 2.45) is 5.92 Å². The SMILES string of the molecule is Cl.O=C(O)C1CCN(CCOc2ccc([N+](=O)[O-])cc2)C1. The number of rotatable bonds is 6. The topological polar surface area (TPSA) is 92.9 Å². The van der Waals surface area contributed by atoms with Crippen LogP contribution < -0.4 is 4.74 Å². The lowest BCUT2D eigenvalue weighted by Crippen LogP contribution is -2.27. The van der Waals surface area contributed by atoms with Gasteiger partial charge in [0, 0.05) is 25.2 Å². The highest BCUT2D eigenvalue weighted by Crippen LogP contribution is 2.18. The van der Waals surface area contributed by atoms with E-state index in [9.17, 15) is 14.9 Å². The summed E-state index contributed by atoms with van der Waals surface area (Å²) in [5.41, 5.74) is 0.0289. The van der Waals surface area contributed by atoms with E-state index in [0.717, 1.165) is 6.54 Å². The predicted octanol–water partition coefficient (Wildman–Crippen LogP) is 1.80. The Labute approximate surface area is 128 Å². The van der Waals surface area contributed by atoms with E-state index < -0.39 is 10.9 Å². The van der Waals surface area contributed by atoms with Gasteiger partial charge in [0.1, 0.15) is 12.4 Å². The molecule has 1 saturated heterocycles. The summed E-state index contributed by atoms with van der Waals surface area (Å²) in [6.45, 7) is 2.41. The first kappa shape index (κ1) is 17.2. The Hall–Kier alpha value is -1.86. The Morgan fingerprint density at radius 3 is 2.62 bits per heavy atom. The number of carboxylic acids is 1. The lowest BCUT2D eigenvalue weighted by atomic mass is 10.1. The van der Waals surface area contributed by atoms with Crippen LogP contribution in [0, 0.1) is 16.0 Å². The van der Waals surface area contributed by atoms with Crippen LogP contribution in [0.15, 0.2) is 24.3 Å². The molecule has 7 nitrogen and oxygen atoms in total. The summed E-state index contributed by atoms with van der Waals surface area (Å²) in [6.07, 6.45) is 0.673. The van der Waals surface area contributed by atoms with Crippen molar-refractivity contribution in [2.75, 3.05) is 26.2 Å². The van der Waals surface area contributed by atoms with Crippen LogP contribution in [0.3, 0.4) is 0 Å². The van der Waals surface area contributed by atoms with Crippen molar-refractivity contribution in [1.29, 1.82) is 0 Å². The van der Waals surface area contributed by atoms with E-state index >= 15 is 0 Å². The third-order valence-electron chi connectivity index (χ3n) is 3.35. The van der Waals surface area contributed by atoms with E-state index in [-0.39, 0.29) is 24.0 Å². The van der Waals surface area contributed by atoms with Crippen LogP contribution in [-0.2, 0) is 4.79 Å². The number of hydrogen-bond donors (Lipinski definition) is 1. The zero-order valence-corrected chi connectivity index (χ0v) is 12.1. The number of carbonyl (C=O) groups is 1. The van der Waals surface area contributed by atoms with Gasteiger partial charge in [-0.15, -0.1) is 12.4 Å². The number of likely N-dealkylation sites (tertiary alicyclic amines) is 1. The summed E-state index contributed by atoms with van der Waals surface area (Å²) < 4.78 is 5.49. The number of halogens is 1. The van der Waals surface area contributed by atoms with Gasteiger partial charge in [-0.25, -0.2) is 0 Å². The number of aliphatic carboxylic acids is 1. The van der Waals surface area contributed by atoms with Crippen LogP contribution in [0.25, 0.3) is 0 Å². The van der Waals surface area contributed by atoms with E-state index in [4.69, 9.17) is 9.84 Å². The first-order valence-electron chi connectivity index (χ1n) is 6.38. The molecular weight excluding hydrogens is 300 g/mol. The average molecular weight is 317 g/mol. The highest BCUT2D eigenvalue weighted by Gasteiger charge is 2.27. The van der Waals surface area contributed by atoms with Gasteiger partial charge in [0.15, 0.2) is 0 Å².